The van der Waals surface area contributed by atoms with Crippen LogP contribution in [0.3, 0.4) is 0 Å². The average Bonchev–Trinajstić information content (AvgIpc) is 3.11. The van der Waals surface area contributed by atoms with Gasteiger partial charge >= 0.3 is 6.03 Å². The molecule has 2 aromatic carbocycles. The van der Waals surface area contributed by atoms with Crippen LogP contribution in [0.5, 0.6) is 0 Å². The lowest BCUT2D eigenvalue weighted by Gasteiger charge is -2.37. The van der Waals surface area contributed by atoms with Crippen LogP contribution in [0.4, 0.5) is 13.6 Å². The third kappa shape index (κ3) is 4.51. The molecule has 0 fully saturated rings. The maximum Gasteiger partial charge on any atom is 0.338 e. The molecule has 7 heteroatoms. The third-order valence-electron chi connectivity index (χ3n) is 5.35. The number of hydrogen-bond donors (Lipinski definition) is 1. The Morgan fingerprint density at radius 1 is 1.20 bits per heavy atom. The topological polar surface area (TPSA) is 47.9 Å². The van der Waals surface area contributed by atoms with Gasteiger partial charge in [0.05, 0.1) is 11.3 Å². The van der Waals surface area contributed by atoms with Crippen molar-refractivity contribution in [2.75, 3.05) is 27.2 Å². The van der Waals surface area contributed by atoms with E-state index in [0.29, 0.717) is 25.1 Å². The number of amides is 2. The van der Waals surface area contributed by atoms with E-state index in [9.17, 15) is 13.6 Å². The van der Waals surface area contributed by atoms with Gasteiger partial charge < -0.3 is 10.2 Å². The van der Waals surface area contributed by atoms with E-state index in [1.54, 1.807) is 0 Å². The fraction of sp³-hybridized carbons (Fsp3) is 0.391. The fourth-order valence-corrected chi connectivity index (χ4v) is 3.94. The Kier molecular flexibility index (Phi) is 6.82. The highest BCUT2D eigenvalue weighted by Gasteiger charge is 2.47. The summed E-state index contributed by atoms with van der Waals surface area (Å²) >= 11 is 0. The number of rotatable bonds is 7. The molecule has 1 heterocycles. The van der Waals surface area contributed by atoms with Gasteiger partial charge in [-0.1, -0.05) is 30.3 Å². The number of nitrogens with one attached hydrogen (secondary N) is 1. The molecule has 1 N–H and O–H groups in total. The predicted molar refractivity (Wildman–Crippen MR) is 114 cm³/mol. The van der Waals surface area contributed by atoms with E-state index in [0.717, 1.165) is 36.7 Å². The lowest BCUT2D eigenvalue weighted by atomic mass is 9.80. The van der Waals surface area contributed by atoms with Crippen molar-refractivity contribution in [3.63, 3.8) is 0 Å². The number of urea groups is 1. The first-order valence-corrected chi connectivity index (χ1v) is 10.2. The van der Waals surface area contributed by atoms with Crippen molar-refractivity contribution >= 4 is 11.7 Å². The molecule has 160 valence electrons. The Bertz CT molecular complexity index is 917. The van der Waals surface area contributed by atoms with Crippen molar-refractivity contribution in [1.29, 1.82) is 0 Å². The number of carbonyl (C=O) groups excluding carboxylic acids is 1. The van der Waals surface area contributed by atoms with Crippen LogP contribution < -0.4 is 5.32 Å². The second kappa shape index (κ2) is 9.34. The van der Waals surface area contributed by atoms with Gasteiger partial charge in [-0.05, 0) is 64.2 Å². The minimum atomic E-state index is -0.773. The minimum absolute atomic E-state index is 0.0923. The molecular weight excluding hydrogens is 386 g/mol. The maximum absolute atomic E-state index is 14.5. The van der Waals surface area contributed by atoms with Gasteiger partial charge in [0.2, 0.25) is 0 Å². The van der Waals surface area contributed by atoms with Gasteiger partial charge in [-0.2, -0.15) is 5.10 Å². The van der Waals surface area contributed by atoms with Gasteiger partial charge in [-0.25, -0.2) is 18.6 Å². The Labute approximate surface area is 176 Å². The molecule has 30 heavy (non-hydrogen) atoms. The number of benzene rings is 2. The molecule has 1 unspecified atom stereocenters. The van der Waals surface area contributed by atoms with Crippen LogP contribution in [0.25, 0.3) is 0 Å². The van der Waals surface area contributed by atoms with Crippen LogP contribution in [0, 0.1) is 11.6 Å². The first kappa shape index (κ1) is 21.9. The van der Waals surface area contributed by atoms with Gasteiger partial charge in [0.25, 0.3) is 0 Å². The van der Waals surface area contributed by atoms with E-state index in [4.69, 9.17) is 0 Å². The SMILES string of the molecule is CCNC(=O)N1N=C(c2cc(F)ccc2F)CC1(CCCN(C)C)c1ccccc1. The zero-order valence-electron chi connectivity index (χ0n) is 17.7. The van der Waals surface area contributed by atoms with Crippen LogP contribution in [0.1, 0.15) is 37.3 Å². The zero-order valence-corrected chi connectivity index (χ0v) is 17.7. The highest BCUT2D eigenvalue weighted by molar-refractivity contribution is 6.04. The largest absolute Gasteiger partial charge is 0.338 e. The van der Waals surface area contributed by atoms with Gasteiger partial charge in [-0.3, -0.25) is 0 Å². The van der Waals surface area contributed by atoms with Crippen molar-refractivity contribution in [3.8, 4) is 0 Å². The fourth-order valence-electron chi connectivity index (χ4n) is 3.94. The zero-order chi connectivity index (χ0) is 21.7. The van der Waals surface area contributed by atoms with E-state index >= 15 is 0 Å². The standard InChI is InChI=1S/C23H28F2N4O/c1-4-26-22(30)29-23(13-8-14-28(2)3,17-9-6-5-7-10-17)16-21(27-29)19-15-18(24)11-12-20(19)25/h5-7,9-12,15H,4,8,13-14,16H2,1-3H3,(H,26,30). The highest BCUT2D eigenvalue weighted by atomic mass is 19.1. The highest BCUT2D eigenvalue weighted by Crippen LogP contribution is 2.43. The number of halogens is 2. The van der Waals surface area contributed by atoms with Crippen molar-refractivity contribution < 1.29 is 13.6 Å². The summed E-state index contributed by atoms with van der Waals surface area (Å²) in [5.41, 5.74) is 0.609. The van der Waals surface area contributed by atoms with Crippen molar-refractivity contribution in [1.82, 2.24) is 15.2 Å². The van der Waals surface area contributed by atoms with Gasteiger partial charge in [0, 0.05) is 18.5 Å². The molecule has 2 aromatic rings. The first-order valence-electron chi connectivity index (χ1n) is 10.2. The molecular formula is C23H28F2N4O. The van der Waals surface area contributed by atoms with Crippen LogP contribution in [0.2, 0.25) is 0 Å². The summed E-state index contributed by atoms with van der Waals surface area (Å²) in [7, 11) is 3.99. The van der Waals surface area contributed by atoms with E-state index < -0.39 is 17.2 Å². The lowest BCUT2D eigenvalue weighted by Crippen LogP contribution is -2.48. The Morgan fingerprint density at radius 2 is 1.93 bits per heavy atom. The molecule has 0 aliphatic carbocycles. The monoisotopic (exact) mass is 414 g/mol. The first-order chi connectivity index (χ1) is 14.4. The summed E-state index contributed by atoms with van der Waals surface area (Å²) in [5.74, 6) is -1.09. The van der Waals surface area contributed by atoms with Crippen molar-refractivity contribution in [2.45, 2.75) is 31.7 Å². The van der Waals surface area contributed by atoms with Crippen LogP contribution in [0.15, 0.2) is 53.6 Å². The molecule has 0 aromatic heterocycles. The van der Waals surface area contributed by atoms with Gasteiger partial charge in [0.1, 0.15) is 11.6 Å². The molecule has 5 nitrogen and oxygen atoms in total. The molecule has 0 saturated carbocycles. The average molecular weight is 415 g/mol. The quantitative estimate of drug-likeness (QED) is 0.733. The van der Waals surface area contributed by atoms with Crippen LogP contribution in [-0.4, -0.2) is 48.8 Å². The Hall–Kier alpha value is -2.80. The Morgan fingerprint density at radius 3 is 2.60 bits per heavy atom. The molecule has 1 aliphatic heterocycles. The van der Waals surface area contributed by atoms with E-state index in [1.165, 1.54) is 5.01 Å². The van der Waals surface area contributed by atoms with E-state index in [1.807, 2.05) is 51.4 Å². The molecule has 1 atom stereocenters. The minimum Gasteiger partial charge on any atom is -0.337 e. The number of nitrogens with zero attached hydrogens (tertiary/aromatic N) is 3. The van der Waals surface area contributed by atoms with E-state index in [-0.39, 0.29) is 11.6 Å². The summed E-state index contributed by atoms with van der Waals surface area (Å²) < 4.78 is 28.4. The summed E-state index contributed by atoms with van der Waals surface area (Å²) in [6.07, 6.45) is 1.75. The van der Waals surface area contributed by atoms with Crippen molar-refractivity contribution in [2.24, 2.45) is 5.10 Å². The summed E-state index contributed by atoms with van der Waals surface area (Å²) in [6, 6.07) is 12.6. The molecule has 0 bridgehead atoms. The molecule has 0 saturated heterocycles. The van der Waals surface area contributed by atoms with Crippen molar-refractivity contribution in [3.05, 3.63) is 71.3 Å². The van der Waals surface area contributed by atoms with Gasteiger partial charge in [-0.15, -0.1) is 0 Å². The summed E-state index contributed by atoms with van der Waals surface area (Å²) in [5, 5.41) is 8.77. The number of hydrazone groups is 1. The molecule has 0 radical (unpaired) electrons. The smallest absolute Gasteiger partial charge is 0.337 e. The lowest BCUT2D eigenvalue weighted by molar-refractivity contribution is 0.120. The van der Waals surface area contributed by atoms with E-state index in [2.05, 4.69) is 15.3 Å². The van der Waals surface area contributed by atoms with Gasteiger partial charge in [0.15, 0.2) is 0 Å². The molecule has 0 spiro atoms. The summed E-state index contributed by atoms with van der Waals surface area (Å²) in [4.78, 5) is 15.1. The molecule has 2 amide bonds. The number of hydrogen-bond acceptors (Lipinski definition) is 3. The van der Waals surface area contributed by atoms with Crippen LogP contribution in [-0.2, 0) is 5.54 Å². The molecule has 3 rings (SSSR count). The predicted octanol–water partition coefficient (Wildman–Crippen LogP) is 4.34. The number of carbonyl (C=O) groups is 1. The normalized spacial score (nSPS) is 18.6. The van der Waals surface area contributed by atoms with Crippen LogP contribution >= 0.6 is 0 Å². The molecule has 1 aliphatic rings. The summed E-state index contributed by atoms with van der Waals surface area (Å²) in [6.45, 7) is 3.11. The second-order valence-electron chi connectivity index (χ2n) is 7.80. The Balaban J connectivity index is 2.08. The third-order valence-corrected chi connectivity index (χ3v) is 5.35. The second-order valence-corrected chi connectivity index (χ2v) is 7.80. The maximum atomic E-state index is 14.5.